The number of carbonyl (C=O) groups excluding carboxylic acids is 1. The van der Waals surface area contributed by atoms with Gasteiger partial charge in [0.2, 0.25) is 15.6 Å². The Morgan fingerprint density at radius 3 is 2.15 bits per heavy atom. The number of sulfone groups is 1. The summed E-state index contributed by atoms with van der Waals surface area (Å²) in [5.41, 5.74) is 2.77. The van der Waals surface area contributed by atoms with Gasteiger partial charge in [0, 0.05) is 17.5 Å². The maximum absolute atomic E-state index is 13.1. The maximum Gasteiger partial charge on any atom is 0.214 e. The average Bonchev–Trinajstić information content (AvgIpc) is 2.69. The smallest absolute Gasteiger partial charge is 0.214 e. The monoisotopic (exact) mass is 375 g/mol. The highest BCUT2D eigenvalue weighted by Crippen LogP contribution is 2.40. The lowest BCUT2D eigenvalue weighted by Crippen LogP contribution is -2.25. The van der Waals surface area contributed by atoms with Crippen LogP contribution in [0.2, 0.25) is 0 Å². The molecule has 5 heteroatoms. The van der Waals surface area contributed by atoms with Gasteiger partial charge in [-0.05, 0) is 31.2 Å². The molecule has 3 aromatic rings. The molecule has 0 spiro atoms. The Balaban J connectivity index is 1.93. The van der Waals surface area contributed by atoms with Gasteiger partial charge in [0.15, 0.2) is 0 Å². The van der Waals surface area contributed by atoms with Crippen LogP contribution in [0.25, 0.3) is 0 Å². The van der Waals surface area contributed by atoms with E-state index in [1.54, 1.807) is 53.4 Å². The highest BCUT2D eigenvalue weighted by molar-refractivity contribution is 7.96. The molecule has 4 rings (SSSR count). The molecule has 0 N–H and O–H groups in total. The zero-order chi connectivity index (χ0) is 19.0. The summed E-state index contributed by atoms with van der Waals surface area (Å²) in [5, 5.41) is 0. The van der Waals surface area contributed by atoms with Crippen molar-refractivity contribution < 1.29 is 13.2 Å². The van der Waals surface area contributed by atoms with Crippen LogP contribution in [0, 0.1) is 6.92 Å². The number of fused-ring (bicyclic) bond motifs is 1. The summed E-state index contributed by atoms with van der Waals surface area (Å²) in [6, 6.07) is 22.9. The second-order valence-electron chi connectivity index (χ2n) is 6.37. The molecule has 0 saturated carbocycles. The van der Waals surface area contributed by atoms with E-state index >= 15 is 0 Å². The summed E-state index contributed by atoms with van der Waals surface area (Å²) in [5.74, 6) is -0.512. The topological polar surface area (TPSA) is 54.5 Å². The number of hydrogen-bond donors (Lipinski definition) is 0. The van der Waals surface area contributed by atoms with E-state index in [4.69, 9.17) is 0 Å². The molecule has 0 fully saturated rings. The highest BCUT2D eigenvalue weighted by atomic mass is 32.2. The van der Waals surface area contributed by atoms with Gasteiger partial charge in [0.25, 0.3) is 0 Å². The van der Waals surface area contributed by atoms with Crippen LogP contribution in [-0.2, 0) is 9.84 Å². The summed E-state index contributed by atoms with van der Waals surface area (Å²) < 4.78 is 26.3. The number of rotatable bonds is 3. The molecular formula is C22H17NO3S. The van der Waals surface area contributed by atoms with Gasteiger partial charge in [-0.15, -0.1) is 0 Å². The number of para-hydroxylation sites is 1. The third-order valence-electron chi connectivity index (χ3n) is 4.52. The Morgan fingerprint density at radius 2 is 1.44 bits per heavy atom. The van der Waals surface area contributed by atoms with Crippen molar-refractivity contribution in [1.82, 2.24) is 0 Å². The first-order valence-corrected chi connectivity index (χ1v) is 9.98. The second kappa shape index (κ2) is 6.52. The zero-order valence-corrected chi connectivity index (χ0v) is 15.5. The van der Waals surface area contributed by atoms with Crippen molar-refractivity contribution in [2.24, 2.45) is 0 Å². The fourth-order valence-corrected chi connectivity index (χ4v) is 4.63. The normalized spacial score (nSPS) is 15.0. The van der Waals surface area contributed by atoms with Gasteiger partial charge in [-0.2, -0.15) is 0 Å². The highest BCUT2D eigenvalue weighted by Gasteiger charge is 2.35. The van der Waals surface area contributed by atoms with E-state index in [0.29, 0.717) is 11.3 Å². The van der Waals surface area contributed by atoms with Gasteiger partial charge in [0.1, 0.15) is 4.91 Å². The van der Waals surface area contributed by atoms with E-state index in [2.05, 4.69) is 0 Å². The molecule has 0 amide bonds. The van der Waals surface area contributed by atoms with Crippen LogP contribution in [0.5, 0.6) is 0 Å². The summed E-state index contributed by atoms with van der Waals surface area (Å²) in [6.45, 7) is 1.98. The minimum atomic E-state index is -3.91. The molecule has 0 unspecified atom stereocenters. The molecule has 0 saturated heterocycles. The van der Waals surface area contributed by atoms with Crippen molar-refractivity contribution in [1.29, 1.82) is 0 Å². The van der Waals surface area contributed by atoms with Gasteiger partial charge in [-0.25, -0.2) is 8.42 Å². The quantitative estimate of drug-likeness (QED) is 0.626. The standard InChI is InChI=1S/C22H17NO3S/c1-16-11-13-18(14-12-16)23-15-21(22(24)17-7-3-2-4-8-17)27(25,26)20-10-6-5-9-19(20)23/h2-15H,1H3. The number of hydrogen-bond acceptors (Lipinski definition) is 4. The van der Waals surface area contributed by atoms with Crippen LogP contribution in [0.15, 0.2) is 94.9 Å². The first kappa shape index (κ1) is 17.2. The Bertz CT molecular complexity index is 1150. The number of benzene rings is 3. The summed E-state index contributed by atoms with van der Waals surface area (Å²) in [4.78, 5) is 14.6. The lowest BCUT2D eigenvalue weighted by molar-refractivity contribution is 0.104. The Labute approximate surface area is 158 Å². The van der Waals surface area contributed by atoms with Crippen molar-refractivity contribution in [2.45, 2.75) is 11.8 Å². The third kappa shape index (κ3) is 2.96. The number of ketones is 1. The molecule has 134 valence electrons. The van der Waals surface area contributed by atoms with Crippen molar-refractivity contribution in [2.75, 3.05) is 4.90 Å². The Morgan fingerprint density at radius 1 is 0.815 bits per heavy atom. The van der Waals surface area contributed by atoms with E-state index < -0.39 is 15.6 Å². The van der Waals surface area contributed by atoms with Crippen LogP contribution in [0.3, 0.4) is 0 Å². The number of anilines is 2. The van der Waals surface area contributed by atoms with Crippen LogP contribution < -0.4 is 4.90 Å². The van der Waals surface area contributed by atoms with E-state index in [0.717, 1.165) is 11.3 Å². The summed E-state index contributed by atoms with van der Waals surface area (Å²) >= 11 is 0. The van der Waals surface area contributed by atoms with Crippen LogP contribution in [-0.4, -0.2) is 14.2 Å². The average molecular weight is 375 g/mol. The number of Topliss-reactive ketones (excluding diaryl/α,β-unsaturated/α-hetero) is 1. The molecule has 3 aromatic carbocycles. The molecule has 0 aliphatic carbocycles. The second-order valence-corrected chi connectivity index (χ2v) is 8.25. The van der Waals surface area contributed by atoms with Gasteiger partial charge < -0.3 is 4.90 Å². The van der Waals surface area contributed by atoms with Crippen molar-refractivity contribution >= 4 is 27.0 Å². The van der Waals surface area contributed by atoms with Crippen molar-refractivity contribution in [3.8, 4) is 0 Å². The molecule has 0 atom stereocenters. The van der Waals surface area contributed by atoms with Crippen molar-refractivity contribution in [3.05, 3.63) is 101 Å². The molecule has 1 heterocycles. The van der Waals surface area contributed by atoms with Gasteiger partial charge in [-0.3, -0.25) is 4.79 Å². The molecule has 0 aromatic heterocycles. The largest absolute Gasteiger partial charge is 0.314 e. The zero-order valence-electron chi connectivity index (χ0n) is 14.7. The van der Waals surface area contributed by atoms with E-state index in [9.17, 15) is 13.2 Å². The predicted molar refractivity (Wildman–Crippen MR) is 106 cm³/mol. The number of nitrogens with zero attached hydrogens (tertiary/aromatic N) is 1. The minimum absolute atomic E-state index is 0.132. The lowest BCUT2D eigenvalue weighted by Gasteiger charge is -2.29. The molecule has 1 aliphatic heterocycles. The first-order chi connectivity index (χ1) is 13.0. The third-order valence-corrected chi connectivity index (χ3v) is 6.32. The lowest BCUT2D eigenvalue weighted by atomic mass is 10.1. The molecule has 27 heavy (non-hydrogen) atoms. The van der Waals surface area contributed by atoms with E-state index in [1.807, 2.05) is 31.2 Å². The Hall–Kier alpha value is -3.18. The predicted octanol–water partition coefficient (Wildman–Crippen LogP) is 4.64. The fourth-order valence-electron chi connectivity index (χ4n) is 3.09. The molecule has 4 nitrogen and oxygen atoms in total. The van der Waals surface area contributed by atoms with Gasteiger partial charge in [0.05, 0.1) is 10.6 Å². The number of aryl methyl sites for hydroxylation is 1. The van der Waals surface area contributed by atoms with Gasteiger partial charge in [-0.1, -0.05) is 60.2 Å². The van der Waals surface area contributed by atoms with Crippen LogP contribution in [0.1, 0.15) is 15.9 Å². The molecular weight excluding hydrogens is 358 g/mol. The van der Waals surface area contributed by atoms with E-state index in [-0.39, 0.29) is 9.80 Å². The Kier molecular flexibility index (Phi) is 4.16. The maximum atomic E-state index is 13.1. The minimum Gasteiger partial charge on any atom is -0.314 e. The van der Waals surface area contributed by atoms with E-state index in [1.165, 1.54) is 12.3 Å². The SMILES string of the molecule is Cc1ccc(N2C=C(C(=O)c3ccccc3)S(=O)(=O)c3ccccc32)cc1. The molecule has 0 radical (unpaired) electrons. The van der Waals surface area contributed by atoms with Gasteiger partial charge >= 0.3 is 0 Å². The summed E-state index contributed by atoms with van der Waals surface area (Å²) in [6.07, 6.45) is 1.43. The molecule has 1 aliphatic rings. The number of carbonyl (C=O) groups is 1. The fraction of sp³-hybridized carbons (Fsp3) is 0.0455. The van der Waals surface area contributed by atoms with Crippen molar-refractivity contribution in [3.63, 3.8) is 0 Å². The number of allylic oxidation sites excluding steroid dienone is 1. The first-order valence-electron chi connectivity index (χ1n) is 8.50. The van der Waals surface area contributed by atoms with Crippen LogP contribution >= 0.6 is 0 Å². The summed E-state index contributed by atoms with van der Waals surface area (Å²) in [7, 11) is -3.91. The molecule has 0 bridgehead atoms. The van der Waals surface area contributed by atoms with Crippen LogP contribution in [0.4, 0.5) is 11.4 Å².